The predicted molar refractivity (Wildman–Crippen MR) is 76.6 cm³/mol. The van der Waals surface area contributed by atoms with E-state index < -0.39 is 0 Å². The summed E-state index contributed by atoms with van der Waals surface area (Å²) in [7, 11) is 0. The number of nitrogens with zero attached hydrogens (tertiary/aromatic N) is 1. The summed E-state index contributed by atoms with van der Waals surface area (Å²) in [6, 6.07) is 5.77. The SMILES string of the molecule is CC(C)(C)n1cc(CO)c2ccc(Cl)cc21.O=CO. The molecule has 1 heterocycles. The number of aliphatic hydroxyl groups excluding tert-OH is 1. The maximum atomic E-state index is 9.34. The van der Waals surface area contributed by atoms with Crippen LogP contribution in [0.1, 0.15) is 26.3 Å². The molecule has 19 heavy (non-hydrogen) atoms. The molecule has 0 atom stereocenters. The first-order valence-corrected chi connectivity index (χ1v) is 6.21. The summed E-state index contributed by atoms with van der Waals surface area (Å²) in [5, 5.41) is 18.0. The van der Waals surface area contributed by atoms with E-state index in [4.69, 9.17) is 21.5 Å². The first kappa shape index (κ1) is 15.5. The molecule has 0 amide bonds. The summed E-state index contributed by atoms with van der Waals surface area (Å²) in [6.07, 6.45) is 2.00. The summed E-state index contributed by atoms with van der Waals surface area (Å²) >= 11 is 6.02. The molecule has 0 spiro atoms. The Morgan fingerprint density at radius 3 is 2.42 bits per heavy atom. The van der Waals surface area contributed by atoms with Gasteiger partial charge in [-0.15, -0.1) is 0 Å². The fourth-order valence-corrected chi connectivity index (χ4v) is 2.12. The van der Waals surface area contributed by atoms with Crippen LogP contribution in [0.3, 0.4) is 0 Å². The van der Waals surface area contributed by atoms with Crippen molar-refractivity contribution in [2.24, 2.45) is 0 Å². The van der Waals surface area contributed by atoms with Crippen molar-refractivity contribution in [3.8, 4) is 0 Å². The van der Waals surface area contributed by atoms with Gasteiger partial charge >= 0.3 is 0 Å². The monoisotopic (exact) mass is 283 g/mol. The van der Waals surface area contributed by atoms with E-state index in [-0.39, 0.29) is 18.6 Å². The number of aliphatic hydroxyl groups is 1. The van der Waals surface area contributed by atoms with E-state index >= 15 is 0 Å². The van der Waals surface area contributed by atoms with Crippen LogP contribution in [-0.4, -0.2) is 21.3 Å². The van der Waals surface area contributed by atoms with Crippen LogP contribution < -0.4 is 0 Å². The molecule has 0 aliphatic heterocycles. The zero-order valence-corrected chi connectivity index (χ0v) is 12.0. The molecular weight excluding hydrogens is 266 g/mol. The minimum atomic E-state index is -0.250. The predicted octanol–water partition coefficient (Wildman–Crippen LogP) is 3.24. The van der Waals surface area contributed by atoms with Crippen molar-refractivity contribution in [1.29, 1.82) is 0 Å². The number of halogens is 1. The number of benzene rings is 1. The van der Waals surface area contributed by atoms with Gasteiger partial charge in [-0.05, 0) is 32.9 Å². The van der Waals surface area contributed by atoms with Gasteiger partial charge in [-0.2, -0.15) is 0 Å². The summed E-state index contributed by atoms with van der Waals surface area (Å²) in [6.45, 7) is 6.21. The molecule has 0 unspecified atom stereocenters. The summed E-state index contributed by atoms with van der Waals surface area (Å²) in [4.78, 5) is 8.36. The Bertz CT molecular complexity index is 570. The molecule has 1 aromatic heterocycles. The van der Waals surface area contributed by atoms with Crippen molar-refractivity contribution >= 4 is 29.0 Å². The summed E-state index contributed by atoms with van der Waals surface area (Å²) in [5.41, 5.74) is 2.00. The van der Waals surface area contributed by atoms with Crippen LogP contribution in [0.15, 0.2) is 24.4 Å². The van der Waals surface area contributed by atoms with E-state index in [0.717, 1.165) is 21.5 Å². The molecular formula is C14H18ClNO3. The van der Waals surface area contributed by atoms with Crippen molar-refractivity contribution in [2.75, 3.05) is 0 Å². The average molecular weight is 284 g/mol. The quantitative estimate of drug-likeness (QED) is 0.790. The highest BCUT2D eigenvalue weighted by Gasteiger charge is 2.17. The highest BCUT2D eigenvalue weighted by Crippen LogP contribution is 2.29. The van der Waals surface area contributed by atoms with Crippen LogP contribution in [0.2, 0.25) is 5.02 Å². The van der Waals surface area contributed by atoms with E-state index in [1.165, 1.54) is 0 Å². The second kappa shape index (κ2) is 6.08. The van der Waals surface area contributed by atoms with Gasteiger partial charge in [0.1, 0.15) is 0 Å². The van der Waals surface area contributed by atoms with E-state index in [9.17, 15) is 5.11 Å². The van der Waals surface area contributed by atoms with Crippen molar-refractivity contribution in [1.82, 2.24) is 4.57 Å². The Morgan fingerprint density at radius 1 is 1.37 bits per heavy atom. The molecule has 0 saturated heterocycles. The Morgan fingerprint density at radius 2 is 1.95 bits per heavy atom. The molecule has 0 bridgehead atoms. The van der Waals surface area contributed by atoms with Crippen molar-refractivity contribution < 1.29 is 15.0 Å². The maximum Gasteiger partial charge on any atom is 0.290 e. The lowest BCUT2D eigenvalue weighted by Gasteiger charge is -2.22. The minimum absolute atomic E-state index is 0.0175. The van der Waals surface area contributed by atoms with E-state index in [0.29, 0.717) is 0 Å². The number of carboxylic acid groups (broad SMARTS) is 1. The van der Waals surface area contributed by atoms with Crippen LogP contribution in [0.25, 0.3) is 10.9 Å². The Kier molecular flexibility index (Phi) is 4.97. The third kappa shape index (κ3) is 3.49. The van der Waals surface area contributed by atoms with Crippen molar-refractivity contribution in [3.05, 3.63) is 35.0 Å². The highest BCUT2D eigenvalue weighted by molar-refractivity contribution is 6.31. The molecule has 1 aromatic carbocycles. The molecule has 2 N–H and O–H groups in total. The van der Waals surface area contributed by atoms with E-state index in [1.54, 1.807) is 0 Å². The number of hydrogen-bond acceptors (Lipinski definition) is 2. The third-order valence-corrected chi connectivity index (χ3v) is 2.98. The number of rotatable bonds is 1. The fraction of sp³-hybridized carbons (Fsp3) is 0.357. The number of hydrogen-bond donors (Lipinski definition) is 2. The maximum absolute atomic E-state index is 9.34. The van der Waals surface area contributed by atoms with Gasteiger partial charge in [0.05, 0.1) is 12.1 Å². The standard InChI is InChI=1S/C13H16ClNO.CH2O2/c1-13(2,3)15-7-9(8-16)11-5-4-10(14)6-12(11)15;2-1-3/h4-7,16H,8H2,1-3H3;1H,(H,2,3). The van der Waals surface area contributed by atoms with Gasteiger partial charge in [0.25, 0.3) is 6.47 Å². The fourth-order valence-electron chi connectivity index (χ4n) is 1.95. The molecule has 5 heteroatoms. The Balaban J connectivity index is 0.000000550. The van der Waals surface area contributed by atoms with Gasteiger partial charge in [0.2, 0.25) is 0 Å². The topological polar surface area (TPSA) is 62.5 Å². The molecule has 104 valence electrons. The molecule has 0 aliphatic rings. The van der Waals surface area contributed by atoms with E-state index in [1.807, 2.05) is 24.4 Å². The van der Waals surface area contributed by atoms with Gasteiger partial charge in [-0.3, -0.25) is 4.79 Å². The normalized spacial score (nSPS) is 11.0. The smallest absolute Gasteiger partial charge is 0.290 e. The van der Waals surface area contributed by atoms with E-state index in [2.05, 4.69) is 25.3 Å². The molecule has 0 aliphatic carbocycles. The van der Waals surface area contributed by atoms with Crippen LogP contribution in [0.5, 0.6) is 0 Å². The highest BCUT2D eigenvalue weighted by atomic mass is 35.5. The van der Waals surface area contributed by atoms with Crippen LogP contribution >= 0.6 is 11.6 Å². The Hall–Kier alpha value is -1.52. The lowest BCUT2D eigenvalue weighted by Crippen LogP contribution is -2.20. The lowest BCUT2D eigenvalue weighted by molar-refractivity contribution is -0.122. The van der Waals surface area contributed by atoms with Gasteiger partial charge in [-0.1, -0.05) is 17.7 Å². The molecule has 2 aromatic rings. The van der Waals surface area contributed by atoms with Crippen molar-refractivity contribution in [3.63, 3.8) is 0 Å². The first-order valence-electron chi connectivity index (χ1n) is 5.83. The molecule has 4 nitrogen and oxygen atoms in total. The summed E-state index contributed by atoms with van der Waals surface area (Å²) in [5.74, 6) is 0. The largest absolute Gasteiger partial charge is 0.483 e. The molecule has 0 saturated carbocycles. The van der Waals surface area contributed by atoms with Crippen LogP contribution in [0.4, 0.5) is 0 Å². The minimum Gasteiger partial charge on any atom is -0.483 e. The van der Waals surface area contributed by atoms with Gasteiger partial charge < -0.3 is 14.8 Å². The average Bonchev–Trinajstić information content (AvgIpc) is 2.67. The Labute approximate surface area is 117 Å². The van der Waals surface area contributed by atoms with Crippen LogP contribution in [-0.2, 0) is 16.9 Å². The zero-order valence-electron chi connectivity index (χ0n) is 11.2. The number of aromatic nitrogens is 1. The molecule has 0 fully saturated rings. The second-order valence-corrected chi connectivity index (χ2v) is 5.56. The zero-order chi connectivity index (χ0) is 14.6. The number of fused-ring (bicyclic) bond motifs is 1. The molecule has 0 radical (unpaired) electrons. The van der Waals surface area contributed by atoms with Gasteiger partial charge in [0, 0.05) is 27.7 Å². The third-order valence-electron chi connectivity index (χ3n) is 2.74. The molecule has 2 rings (SSSR count). The summed E-state index contributed by atoms with van der Waals surface area (Å²) < 4.78 is 2.15. The lowest BCUT2D eigenvalue weighted by atomic mass is 10.1. The van der Waals surface area contributed by atoms with Gasteiger partial charge in [0.15, 0.2) is 0 Å². The van der Waals surface area contributed by atoms with Crippen LogP contribution in [0, 0.1) is 0 Å². The second-order valence-electron chi connectivity index (χ2n) is 5.12. The first-order chi connectivity index (χ1) is 8.85. The van der Waals surface area contributed by atoms with Crippen molar-refractivity contribution in [2.45, 2.75) is 32.9 Å². The van der Waals surface area contributed by atoms with Gasteiger partial charge in [-0.25, -0.2) is 0 Å². The number of carbonyl (C=O) groups is 1.